The number of aromatic carboxylic acids is 1. The summed E-state index contributed by atoms with van der Waals surface area (Å²) in [6, 6.07) is 1.43. The van der Waals surface area contributed by atoms with Gasteiger partial charge in [-0.05, 0) is 18.9 Å². The smallest absolute Gasteiger partial charge is 0.354 e. The first kappa shape index (κ1) is 14.5. The fraction of sp³-hybridized carbons (Fsp3) is 0.500. The summed E-state index contributed by atoms with van der Waals surface area (Å²) < 4.78 is 27.8. The van der Waals surface area contributed by atoms with Gasteiger partial charge in [-0.3, -0.25) is 4.72 Å². The van der Waals surface area contributed by atoms with Crippen molar-refractivity contribution in [2.45, 2.75) is 20.8 Å². The fourth-order valence-electron chi connectivity index (χ4n) is 1.30. The number of carbonyl (C=O) groups is 1. The van der Waals surface area contributed by atoms with Gasteiger partial charge in [0.15, 0.2) is 0 Å². The van der Waals surface area contributed by atoms with Gasteiger partial charge >= 0.3 is 5.97 Å². The largest absolute Gasteiger partial charge is 0.477 e. The van der Waals surface area contributed by atoms with Crippen molar-refractivity contribution in [2.75, 3.05) is 11.3 Å². The lowest BCUT2D eigenvalue weighted by Crippen LogP contribution is -2.33. The summed E-state index contributed by atoms with van der Waals surface area (Å²) in [5.74, 6) is -1.06. The maximum atomic E-state index is 11.7. The average molecular weight is 275 g/mol. The number of H-pyrrole nitrogens is 1. The highest BCUT2D eigenvalue weighted by atomic mass is 32.2. The lowest BCUT2D eigenvalue weighted by atomic mass is 10.2. The van der Waals surface area contributed by atoms with Crippen LogP contribution >= 0.6 is 0 Å². The molecule has 0 unspecified atom stereocenters. The Hall–Kier alpha value is -1.54. The zero-order chi connectivity index (χ0) is 13.9. The first-order chi connectivity index (χ1) is 8.21. The van der Waals surface area contributed by atoms with Gasteiger partial charge in [0.1, 0.15) is 5.69 Å². The van der Waals surface area contributed by atoms with Crippen LogP contribution < -0.4 is 9.44 Å². The Labute approximate surface area is 106 Å². The van der Waals surface area contributed by atoms with Crippen LogP contribution in [0, 0.1) is 12.8 Å². The molecule has 0 aromatic carbocycles. The van der Waals surface area contributed by atoms with Crippen molar-refractivity contribution in [1.29, 1.82) is 0 Å². The van der Waals surface area contributed by atoms with Crippen LogP contribution in [0.4, 0.5) is 5.69 Å². The molecule has 1 rings (SSSR count). The van der Waals surface area contributed by atoms with E-state index >= 15 is 0 Å². The minimum absolute atomic E-state index is 0.0243. The van der Waals surface area contributed by atoms with Crippen LogP contribution in [0.5, 0.6) is 0 Å². The number of aryl methyl sites for hydroxylation is 1. The average Bonchev–Trinajstić information content (AvgIpc) is 2.56. The highest BCUT2D eigenvalue weighted by Gasteiger charge is 2.18. The van der Waals surface area contributed by atoms with Crippen molar-refractivity contribution in [3.8, 4) is 0 Å². The van der Waals surface area contributed by atoms with E-state index in [4.69, 9.17) is 5.11 Å². The quantitative estimate of drug-likeness (QED) is 0.618. The van der Waals surface area contributed by atoms with Gasteiger partial charge in [-0.2, -0.15) is 13.1 Å². The molecule has 1 aromatic rings. The molecule has 102 valence electrons. The Bertz CT molecular complexity index is 533. The molecule has 0 atom stereocenters. The summed E-state index contributed by atoms with van der Waals surface area (Å²) >= 11 is 0. The van der Waals surface area contributed by atoms with Crippen LogP contribution in [0.25, 0.3) is 0 Å². The summed E-state index contributed by atoms with van der Waals surface area (Å²) in [6.45, 7) is 5.66. The van der Waals surface area contributed by atoms with E-state index in [9.17, 15) is 13.2 Å². The third kappa shape index (κ3) is 4.04. The van der Waals surface area contributed by atoms with Crippen LogP contribution in [0.15, 0.2) is 6.07 Å². The van der Waals surface area contributed by atoms with Gasteiger partial charge in [-0.15, -0.1) is 0 Å². The predicted molar refractivity (Wildman–Crippen MR) is 67.9 cm³/mol. The molecule has 1 aromatic heterocycles. The van der Waals surface area contributed by atoms with E-state index in [1.807, 2.05) is 13.8 Å². The van der Waals surface area contributed by atoms with Gasteiger partial charge in [0.2, 0.25) is 0 Å². The molecular formula is C10H17N3O4S. The zero-order valence-corrected chi connectivity index (χ0v) is 11.3. The molecule has 0 aliphatic rings. The van der Waals surface area contributed by atoms with Crippen LogP contribution in [0.3, 0.4) is 0 Å². The number of aromatic nitrogens is 1. The van der Waals surface area contributed by atoms with Gasteiger partial charge in [0.05, 0.1) is 5.69 Å². The predicted octanol–water partition coefficient (Wildman–Crippen LogP) is 0.924. The van der Waals surface area contributed by atoms with Crippen molar-refractivity contribution < 1.29 is 18.3 Å². The second-order valence-electron chi connectivity index (χ2n) is 4.39. The van der Waals surface area contributed by atoms with Gasteiger partial charge in [-0.25, -0.2) is 4.79 Å². The maximum Gasteiger partial charge on any atom is 0.354 e. The molecule has 7 nitrogen and oxygen atoms in total. The molecule has 1 heterocycles. The maximum absolute atomic E-state index is 11.7. The van der Waals surface area contributed by atoms with Crippen LogP contribution in [-0.2, 0) is 10.2 Å². The second-order valence-corrected chi connectivity index (χ2v) is 5.89. The Kier molecular flexibility index (Phi) is 4.36. The van der Waals surface area contributed by atoms with Crippen molar-refractivity contribution in [2.24, 2.45) is 5.92 Å². The second kappa shape index (κ2) is 5.40. The SMILES string of the molecule is Cc1cc(NS(=O)(=O)NCC(C)C)c(C(=O)O)[nH]1. The number of carboxylic acid groups (broad SMARTS) is 1. The Morgan fingerprint density at radius 2 is 2.11 bits per heavy atom. The third-order valence-electron chi connectivity index (χ3n) is 2.09. The van der Waals surface area contributed by atoms with Crippen molar-refractivity contribution >= 4 is 21.9 Å². The first-order valence-electron chi connectivity index (χ1n) is 5.41. The summed E-state index contributed by atoms with van der Waals surface area (Å²) in [5, 5.41) is 8.91. The zero-order valence-electron chi connectivity index (χ0n) is 10.4. The molecule has 0 radical (unpaired) electrons. The summed E-state index contributed by atoms with van der Waals surface area (Å²) in [7, 11) is -3.76. The minimum Gasteiger partial charge on any atom is -0.477 e. The number of nitrogens with one attached hydrogen (secondary N) is 3. The van der Waals surface area contributed by atoms with E-state index in [1.165, 1.54) is 6.07 Å². The molecule has 0 fully saturated rings. The van der Waals surface area contributed by atoms with E-state index < -0.39 is 16.2 Å². The number of carboxylic acids is 1. The normalized spacial score (nSPS) is 11.8. The molecule has 8 heteroatoms. The lowest BCUT2D eigenvalue weighted by molar-refractivity contribution is 0.0692. The van der Waals surface area contributed by atoms with Crippen molar-refractivity contribution in [1.82, 2.24) is 9.71 Å². The van der Waals surface area contributed by atoms with E-state index in [2.05, 4.69) is 14.4 Å². The summed E-state index contributed by atoms with van der Waals surface area (Å²) in [4.78, 5) is 13.5. The van der Waals surface area contributed by atoms with E-state index in [0.717, 1.165) is 0 Å². The highest BCUT2D eigenvalue weighted by Crippen LogP contribution is 2.17. The third-order valence-corrected chi connectivity index (χ3v) is 3.13. The van der Waals surface area contributed by atoms with E-state index in [0.29, 0.717) is 5.69 Å². The van der Waals surface area contributed by atoms with Crippen LogP contribution in [-0.4, -0.2) is 31.0 Å². The minimum atomic E-state index is -3.76. The Balaban J connectivity index is 2.87. The van der Waals surface area contributed by atoms with Gasteiger partial charge < -0.3 is 10.1 Å². The number of anilines is 1. The monoisotopic (exact) mass is 275 g/mol. The lowest BCUT2D eigenvalue weighted by Gasteiger charge is -2.10. The molecule has 0 saturated heterocycles. The highest BCUT2D eigenvalue weighted by molar-refractivity contribution is 7.90. The standard InChI is InChI=1S/C10H17N3O4S/c1-6(2)5-11-18(16,17)13-8-4-7(3)12-9(8)10(14)15/h4,6,11-13H,5H2,1-3H3,(H,14,15). The van der Waals surface area contributed by atoms with Gasteiger partial charge in [0, 0.05) is 12.2 Å². The number of hydrogen-bond acceptors (Lipinski definition) is 3. The summed E-state index contributed by atoms with van der Waals surface area (Å²) in [5.41, 5.74) is 0.410. The Morgan fingerprint density at radius 1 is 1.50 bits per heavy atom. The fourth-order valence-corrected chi connectivity index (χ4v) is 2.37. The Morgan fingerprint density at radius 3 is 2.61 bits per heavy atom. The molecule has 18 heavy (non-hydrogen) atoms. The molecule has 0 bridgehead atoms. The molecule has 4 N–H and O–H groups in total. The number of hydrogen-bond donors (Lipinski definition) is 4. The molecule has 0 spiro atoms. The van der Waals surface area contributed by atoms with Crippen molar-refractivity contribution in [3.05, 3.63) is 17.5 Å². The molecule has 0 aliphatic heterocycles. The number of rotatable bonds is 6. The number of aromatic amines is 1. The topological polar surface area (TPSA) is 111 Å². The van der Waals surface area contributed by atoms with Gasteiger partial charge in [0.25, 0.3) is 10.2 Å². The van der Waals surface area contributed by atoms with Crippen LogP contribution in [0.2, 0.25) is 0 Å². The molecular weight excluding hydrogens is 258 g/mol. The molecule has 0 amide bonds. The van der Waals surface area contributed by atoms with Gasteiger partial charge in [-0.1, -0.05) is 13.8 Å². The first-order valence-corrected chi connectivity index (χ1v) is 6.90. The van der Waals surface area contributed by atoms with E-state index in [1.54, 1.807) is 6.92 Å². The van der Waals surface area contributed by atoms with Crippen LogP contribution in [0.1, 0.15) is 30.0 Å². The molecule has 0 aliphatic carbocycles. The van der Waals surface area contributed by atoms with E-state index in [-0.39, 0.29) is 23.8 Å². The van der Waals surface area contributed by atoms with Crippen molar-refractivity contribution in [3.63, 3.8) is 0 Å². The molecule has 0 saturated carbocycles. The summed E-state index contributed by atoms with van der Waals surface area (Å²) in [6.07, 6.45) is 0.